The van der Waals surface area contributed by atoms with Crippen molar-refractivity contribution in [2.75, 3.05) is 10.6 Å². The van der Waals surface area contributed by atoms with Gasteiger partial charge in [-0.15, -0.1) is 10.2 Å². The lowest BCUT2D eigenvalue weighted by Crippen LogP contribution is -2.20. The van der Waals surface area contributed by atoms with Crippen molar-refractivity contribution < 1.29 is 14.0 Å². The topological polar surface area (TPSA) is 102 Å². The van der Waals surface area contributed by atoms with E-state index in [1.54, 1.807) is 24.3 Å². The predicted octanol–water partition coefficient (Wildman–Crippen LogP) is 3.93. The van der Waals surface area contributed by atoms with Crippen molar-refractivity contribution in [2.45, 2.75) is 19.9 Å². The van der Waals surface area contributed by atoms with Crippen LogP contribution in [0.1, 0.15) is 22.8 Å². The van der Waals surface area contributed by atoms with Gasteiger partial charge in [-0.1, -0.05) is 37.3 Å². The van der Waals surface area contributed by atoms with Gasteiger partial charge in [-0.25, -0.2) is 4.39 Å². The SMILES string of the molecule is CCc1ccc(NC(=O)Cn2nnc(-c3ccccc3NC(=O)c3cccc(F)c3)n2)cc1. The Morgan fingerprint density at radius 3 is 2.52 bits per heavy atom. The highest BCUT2D eigenvalue weighted by Crippen LogP contribution is 2.25. The number of nitrogens with one attached hydrogen (secondary N) is 2. The van der Waals surface area contributed by atoms with E-state index in [0.29, 0.717) is 16.9 Å². The summed E-state index contributed by atoms with van der Waals surface area (Å²) in [6.07, 6.45) is 0.921. The third-order valence-corrected chi connectivity index (χ3v) is 4.89. The number of para-hydroxylation sites is 1. The maximum Gasteiger partial charge on any atom is 0.255 e. The summed E-state index contributed by atoms with van der Waals surface area (Å²) in [5.74, 6) is -1.02. The third kappa shape index (κ3) is 5.45. The minimum absolute atomic E-state index is 0.125. The zero-order chi connectivity index (χ0) is 23.2. The lowest BCUT2D eigenvalue weighted by Gasteiger charge is -2.09. The normalized spacial score (nSPS) is 10.6. The maximum absolute atomic E-state index is 13.4. The highest BCUT2D eigenvalue weighted by molar-refractivity contribution is 6.06. The van der Waals surface area contributed by atoms with Crippen LogP contribution in [0.25, 0.3) is 11.4 Å². The number of amides is 2. The second-order valence-electron chi connectivity index (χ2n) is 7.25. The van der Waals surface area contributed by atoms with E-state index in [9.17, 15) is 14.0 Å². The molecule has 0 saturated carbocycles. The molecule has 0 bridgehead atoms. The van der Waals surface area contributed by atoms with Gasteiger partial charge in [-0.3, -0.25) is 9.59 Å². The monoisotopic (exact) mass is 444 g/mol. The molecule has 4 aromatic rings. The Morgan fingerprint density at radius 2 is 1.76 bits per heavy atom. The summed E-state index contributed by atoms with van der Waals surface area (Å²) in [5, 5.41) is 17.8. The Morgan fingerprint density at radius 1 is 0.970 bits per heavy atom. The fourth-order valence-electron chi connectivity index (χ4n) is 3.18. The number of carbonyl (C=O) groups is 2. The summed E-state index contributed by atoms with van der Waals surface area (Å²) >= 11 is 0. The van der Waals surface area contributed by atoms with E-state index in [1.165, 1.54) is 28.6 Å². The number of rotatable bonds is 7. The Kier molecular flexibility index (Phi) is 6.49. The second kappa shape index (κ2) is 9.82. The van der Waals surface area contributed by atoms with E-state index in [4.69, 9.17) is 0 Å². The lowest BCUT2D eigenvalue weighted by molar-refractivity contribution is -0.117. The van der Waals surface area contributed by atoms with Crippen LogP contribution in [-0.4, -0.2) is 32.0 Å². The number of carbonyl (C=O) groups excluding carboxylic acids is 2. The van der Waals surface area contributed by atoms with E-state index in [-0.39, 0.29) is 23.8 Å². The summed E-state index contributed by atoms with van der Waals surface area (Å²) in [7, 11) is 0. The van der Waals surface area contributed by atoms with Gasteiger partial charge < -0.3 is 10.6 Å². The Bertz CT molecular complexity index is 1290. The molecule has 2 N–H and O–H groups in total. The molecule has 0 atom stereocenters. The molecule has 9 heteroatoms. The molecule has 8 nitrogen and oxygen atoms in total. The van der Waals surface area contributed by atoms with Crippen LogP contribution in [0.15, 0.2) is 72.8 Å². The summed E-state index contributed by atoms with van der Waals surface area (Å²) in [4.78, 5) is 26.1. The average Bonchev–Trinajstić information content (AvgIpc) is 3.28. The van der Waals surface area contributed by atoms with Gasteiger partial charge in [0.05, 0.1) is 5.69 Å². The molecule has 0 aliphatic heterocycles. The number of halogens is 1. The van der Waals surface area contributed by atoms with Crippen LogP contribution in [-0.2, 0) is 17.8 Å². The zero-order valence-electron chi connectivity index (χ0n) is 17.8. The molecule has 3 aromatic carbocycles. The molecule has 33 heavy (non-hydrogen) atoms. The number of hydrogen-bond acceptors (Lipinski definition) is 5. The smallest absolute Gasteiger partial charge is 0.255 e. The van der Waals surface area contributed by atoms with Crippen LogP contribution >= 0.6 is 0 Å². The number of tetrazole rings is 1. The van der Waals surface area contributed by atoms with Crippen LogP contribution in [0, 0.1) is 5.82 Å². The summed E-state index contributed by atoms with van der Waals surface area (Å²) in [6.45, 7) is 1.94. The van der Waals surface area contributed by atoms with Gasteiger partial charge in [0.25, 0.3) is 5.91 Å². The van der Waals surface area contributed by atoms with Crippen LogP contribution in [0.5, 0.6) is 0 Å². The van der Waals surface area contributed by atoms with Crippen molar-refractivity contribution in [3.8, 4) is 11.4 Å². The molecule has 0 saturated heterocycles. The van der Waals surface area contributed by atoms with Crippen LogP contribution in [0.2, 0.25) is 0 Å². The summed E-state index contributed by atoms with van der Waals surface area (Å²) in [6, 6.07) is 19.9. The number of aryl methyl sites for hydroxylation is 1. The lowest BCUT2D eigenvalue weighted by atomic mass is 10.1. The first-order valence-corrected chi connectivity index (χ1v) is 10.3. The fraction of sp³-hybridized carbons (Fsp3) is 0.125. The Hall–Kier alpha value is -4.40. The minimum Gasteiger partial charge on any atom is -0.324 e. The minimum atomic E-state index is -0.500. The molecular weight excluding hydrogens is 423 g/mol. The zero-order valence-corrected chi connectivity index (χ0v) is 17.8. The molecule has 4 rings (SSSR count). The Balaban J connectivity index is 1.46. The van der Waals surface area contributed by atoms with Crippen LogP contribution < -0.4 is 10.6 Å². The fourth-order valence-corrected chi connectivity index (χ4v) is 3.18. The van der Waals surface area contributed by atoms with Crippen molar-refractivity contribution in [1.29, 1.82) is 0 Å². The highest BCUT2D eigenvalue weighted by atomic mass is 19.1. The van der Waals surface area contributed by atoms with Crippen molar-refractivity contribution in [2.24, 2.45) is 0 Å². The number of nitrogens with zero attached hydrogens (tertiary/aromatic N) is 4. The van der Waals surface area contributed by atoms with E-state index >= 15 is 0 Å². The number of benzene rings is 3. The molecule has 0 aliphatic rings. The molecule has 0 aliphatic carbocycles. The molecule has 0 spiro atoms. The van der Waals surface area contributed by atoms with Crippen LogP contribution in [0.3, 0.4) is 0 Å². The van der Waals surface area contributed by atoms with E-state index in [1.807, 2.05) is 24.3 Å². The second-order valence-corrected chi connectivity index (χ2v) is 7.25. The standard InChI is InChI=1S/C24H21FN6O2/c1-2-16-10-12-19(13-11-16)26-22(32)15-31-29-23(28-30-31)20-8-3-4-9-21(20)27-24(33)17-6-5-7-18(25)14-17/h3-14H,2,15H2,1H3,(H,26,32)(H,27,33). The van der Waals surface area contributed by atoms with Crippen molar-refractivity contribution in [1.82, 2.24) is 20.2 Å². The van der Waals surface area contributed by atoms with E-state index in [0.717, 1.165) is 12.5 Å². The molecule has 1 aromatic heterocycles. The largest absolute Gasteiger partial charge is 0.324 e. The van der Waals surface area contributed by atoms with Gasteiger partial charge in [0.2, 0.25) is 11.7 Å². The van der Waals surface area contributed by atoms with Gasteiger partial charge >= 0.3 is 0 Å². The Labute approximate surface area is 189 Å². The summed E-state index contributed by atoms with van der Waals surface area (Å²) < 4.78 is 13.4. The van der Waals surface area contributed by atoms with Crippen molar-refractivity contribution in [3.63, 3.8) is 0 Å². The summed E-state index contributed by atoms with van der Waals surface area (Å²) in [5.41, 5.74) is 3.00. The quantitative estimate of drug-likeness (QED) is 0.450. The van der Waals surface area contributed by atoms with E-state index < -0.39 is 11.7 Å². The molecule has 2 amide bonds. The first kappa shape index (κ1) is 21.8. The number of hydrogen-bond donors (Lipinski definition) is 2. The molecule has 166 valence electrons. The van der Waals surface area contributed by atoms with Crippen molar-refractivity contribution in [3.05, 3.63) is 89.7 Å². The average molecular weight is 444 g/mol. The maximum atomic E-state index is 13.4. The van der Waals surface area contributed by atoms with Gasteiger partial charge in [-0.05, 0) is 59.7 Å². The van der Waals surface area contributed by atoms with Gasteiger partial charge in [0.1, 0.15) is 12.4 Å². The number of aromatic nitrogens is 4. The predicted molar refractivity (Wildman–Crippen MR) is 122 cm³/mol. The van der Waals surface area contributed by atoms with E-state index in [2.05, 4.69) is 33.0 Å². The van der Waals surface area contributed by atoms with Crippen LogP contribution in [0.4, 0.5) is 15.8 Å². The molecular formula is C24H21FN6O2. The molecule has 0 unspecified atom stereocenters. The highest BCUT2D eigenvalue weighted by Gasteiger charge is 2.15. The molecule has 1 heterocycles. The number of anilines is 2. The van der Waals surface area contributed by atoms with Gasteiger partial charge in [-0.2, -0.15) is 4.80 Å². The molecule has 0 radical (unpaired) electrons. The first-order chi connectivity index (χ1) is 16.0. The van der Waals surface area contributed by atoms with Crippen molar-refractivity contribution >= 4 is 23.2 Å². The first-order valence-electron chi connectivity index (χ1n) is 10.3. The molecule has 0 fully saturated rings. The third-order valence-electron chi connectivity index (χ3n) is 4.89. The van der Waals surface area contributed by atoms with Gasteiger partial charge in [0, 0.05) is 16.8 Å². The van der Waals surface area contributed by atoms with Gasteiger partial charge in [0.15, 0.2) is 0 Å².